The van der Waals surface area contributed by atoms with Crippen LogP contribution in [0.2, 0.25) is 0 Å². The van der Waals surface area contributed by atoms with E-state index in [-0.39, 0.29) is 0 Å². The molecule has 5 nitrogen and oxygen atoms in total. The monoisotopic (exact) mass is 244 g/mol. The molecule has 1 atom stereocenters. The van der Waals surface area contributed by atoms with E-state index in [1.54, 1.807) is 0 Å². The lowest BCUT2D eigenvalue weighted by Gasteiger charge is -2.07. The zero-order valence-electron chi connectivity index (χ0n) is 10.4. The van der Waals surface area contributed by atoms with Crippen LogP contribution in [0.25, 0.3) is 0 Å². The van der Waals surface area contributed by atoms with Crippen LogP contribution in [0.15, 0.2) is 12.7 Å². The number of carboxylic acid groups (broad SMARTS) is 1. The van der Waals surface area contributed by atoms with Crippen LogP contribution in [0.4, 0.5) is 0 Å². The van der Waals surface area contributed by atoms with Crippen LogP contribution in [-0.2, 0) is 9.63 Å². The van der Waals surface area contributed by atoms with Crippen molar-refractivity contribution in [3.63, 3.8) is 0 Å². The maximum Gasteiger partial charge on any atom is 0.320 e. The summed E-state index contributed by atoms with van der Waals surface area (Å²) in [5, 5.41) is 8.55. The maximum absolute atomic E-state index is 10.4. The molecular weight excluding hydrogens is 220 g/mol. The third-order valence-electron chi connectivity index (χ3n) is 2.37. The van der Waals surface area contributed by atoms with E-state index in [1.165, 1.54) is 0 Å². The first kappa shape index (κ1) is 16.1. The SMILES string of the molecule is C=CCCCCONCCCCC(N)C(=O)O. The molecule has 0 fully saturated rings. The van der Waals surface area contributed by atoms with Crippen molar-refractivity contribution in [2.24, 2.45) is 5.73 Å². The van der Waals surface area contributed by atoms with Gasteiger partial charge in [-0.05, 0) is 38.5 Å². The highest BCUT2D eigenvalue weighted by molar-refractivity contribution is 5.72. The minimum Gasteiger partial charge on any atom is -0.480 e. The van der Waals surface area contributed by atoms with Crippen molar-refractivity contribution in [2.75, 3.05) is 13.2 Å². The summed E-state index contributed by atoms with van der Waals surface area (Å²) in [5.74, 6) is -0.934. The number of nitrogens with two attached hydrogens (primary N) is 1. The van der Waals surface area contributed by atoms with Gasteiger partial charge in [-0.1, -0.05) is 6.08 Å². The third kappa shape index (κ3) is 11.4. The molecule has 0 aromatic rings. The van der Waals surface area contributed by atoms with Gasteiger partial charge in [-0.3, -0.25) is 4.79 Å². The first-order chi connectivity index (χ1) is 8.18. The Hall–Kier alpha value is -0.910. The fourth-order valence-corrected chi connectivity index (χ4v) is 1.29. The lowest BCUT2D eigenvalue weighted by atomic mass is 10.1. The predicted molar refractivity (Wildman–Crippen MR) is 67.5 cm³/mol. The second kappa shape index (κ2) is 11.6. The number of rotatable bonds is 12. The van der Waals surface area contributed by atoms with Gasteiger partial charge in [-0.15, -0.1) is 6.58 Å². The van der Waals surface area contributed by atoms with Crippen molar-refractivity contribution in [1.82, 2.24) is 5.48 Å². The summed E-state index contributed by atoms with van der Waals surface area (Å²) in [6, 6.07) is -0.741. The largest absolute Gasteiger partial charge is 0.480 e. The number of hydroxylamine groups is 1. The smallest absolute Gasteiger partial charge is 0.320 e. The zero-order valence-corrected chi connectivity index (χ0v) is 10.4. The predicted octanol–water partition coefficient (Wildman–Crippen LogP) is 1.45. The van der Waals surface area contributed by atoms with E-state index < -0.39 is 12.0 Å². The van der Waals surface area contributed by atoms with Gasteiger partial charge in [0, 0.05) is 6.54 Å². The van der Waals surface area contributed by atoms with Crippen LogP contribution in [0.1, 0.15) is 38.5 Å². The molecule has 0 saturated carbocycles. The quantitative estimate of drug-likeness (QED) is 0.275. The molecule has 17 heavy (non-hydrogen) atoms. The Morgan fingerprint density at radius 3 is 2.82 bits per heavy atom. The molecule has 5 heteroatoms. The summed E-state index contributed by atoms with van der Waals surface area (Å²) in [5.41, 5.74) is 8.22. The minimum absolute atomic E-state index is 0.510. The van der Waals surface area contributed by atoms with Gasteiger partial charge >= 0.3 is 5.97 Å². The third-order valence-corrected chi connectivity index (χ3v) is 2.37. The Morgan fingerprint density at radius 1 is 1.41 bits per heavy atom. The normalized spacial score (nSPS) is 12.3. The van der Waals surface area contributed by atoms with Crippen LogP contribution < -0.4 is 11.2 Å². The van der Waals surface area contributed by atoms with E-state index in [0.29, 0.717) is 13.0 Å². The molecule has 0 aliphatic carbocycles. The van der Waals surface area contributed by atoms with E-state index in [2.05, 4.69) is 12.1 Å². The van der Waals surface area contributed by atoms with Crippen LogP contribution in [0.3, 0.4) is 0 Å². The van der Waals surface area contributed by atoms with Crippen molar-refractivity contribution >= 4 is 5.97 Å². The van der Waals surface area contributed by atoms with E-state index in [4.69, 9.17) is 15.7 Å². The van der Waals surface area contributed by atoms with E-state index in [0.717, 1.165) is 38.6 Å². The van der Waals surface area contributed by atoms with Crippen LogP contribution >= 0.6 is 0 Å². The van der Waals surface area contributed by atoms with Crippen molar-refractivity contribution < 1.29 is 14.7 Å². The number of hydrogen-bond acceptors (Lipinski definition) is 4. The van der Waals surface area contributed by atoms with E-state index in [9.17, 15) is 4.79 Å². The van der Waals surface area contributed by atoms with Crippen LogP contribution in [0, 0.1) is 0 Å². The van der Waals surface area contributed by atoms with Gasteiger partial charge < -0.3 is 15.7 Å². The molecule has 0 heterocycles. The molecular formula is C12H24N2O3. The highest BCUT2D eigenvalue weighted by Gasteiger charge is 2.09. The minimum atomic E-state index is -0.934. The van der Waals surface area contributed by atoms with Gasteiger partial charge in [0.1, 0.15) is 6.04 Å². The van der Waals surface area contributed by atoms with Gasteiger partial charge in [0.2, 0.25) is 0 Å². The topological polar surface area (TPSA) is 84.6 Å². The second-order valence-electron chi connectivity index (χ2n) is 3.97. The molecule has 4 N–H and O–H groups in total. The van der Waals surface area contributed by atoms with Gasteiger partial charge in [0.05, 0.1) is 6.61 Å². The average molecular weight is 244 g/mol. The number of unbranched alkanes of at least 4 members (excludes halogenated alkanes) is 3. The first-order valence-corrected chi connectivity index (χ1v) is 6.12. The van der Waals surface area contributed by atoms with E-state index in [1.807, 2.05) is 6.08 Å². The lowest BCUT2D eigenvalue weighted by molar-refractivity contribution is -0.138. The fraction of sp³-hybridized carbons (Fsp3) is 0.750. The highest BCUT2D eigenvalue weighted by atomic mass is 16.6. The number of nitrogens with one attached hydrogen (secondary N) is 1. The molecule has 0 radical (unpaired) electrons. The van der Waals surface area contributed by atoms with Crippen LogP contribution in [-0.4, -0.2) is 30.3 Å². The maximum atomic E-state index is 10.4. The molecule has 0 saturated heterocycles. The van der Waals surface area contributed by atoms with Crippen molar-refractivity contribution in [1.29, 1.82) is 0 Å². The average Bonchev–Trinajstić information content (AvgIpc) is 2.31. The molecule has 0 aliphatic rings. The Morgan fingerprint density at radius 2 is 2.18 bits per heavy atom. The summed E-state index contributed by atoms with van der Waals surface area (Å²) in [7, 11) is 0. The molecule has 0 amide bonds. The van der Waals surface area contributed by atoms with Crippen molar-refractivity contribution in [3.8, 4) is 0 Å². The highest BCUT2D eigenvalue weighted by Crippen LogP contribution is 1.98. The summed E-state index contributed by atoms with van der Waals surface area (Å²) < 4.78 is 0. The zero-order chi connectivity index (χ0) is 12.9. The van der Waals surface area contributed by atoms with Gasteiger partial charge in [0.25, 0.3) is 0 Å². The first-order valence-electron chi connectivity index (χ1n) is 6.12. The Labute approximate surface area is 103 Å². The summed E-state index contributed by atoms with van der Waals surface area (Å²) in [6.07, 6.45) is 7.21. The van der Waals surface area contributed by atoms with Gasteiger partial charge in [-0.2, -0.15) is 0 Å². The molecule has 0 aromatic heterocycles. The Bertz CT molecular complexity index is 210. The molecule has 0 aliphatic heterocycles. The number of aliphatic carboxylic acids is 1. The van der Waals surface area contributed by atoms with Crippen LogP contribution in [0.5, 0.6) is 0 Å². The lowest BCUT2D eigenvalue weighted by Crippen LogP contribution is -2.30. The fourth-order valence-electron chi connectivity index (χ4n) is 1.29. The molecule has 0 rings (SSSR count). The molecule has 1 unspecified atom stereocenters. The number of allylic oxidation sites excluding steroid dienone is 1. The summed E-state index contributed by atoms with van der Waals surface area (Å²) in [6.45, 7) is 5.07. The number of hydrogen-bond donors (Lipinski definition) is 3. The number of carboxylic acids is 1. The number of carbonyl (C=O) groups is 1. The molecule has 0 aromatic carbocycles. The molecule has 0 spiro atoms. The van der Waals surface area contributed by atoms with E-state index >= 15 is 0 Å². The van der Waals surface area contributed by atoms with Crippen molar-refractivity contribution in [2.45, 2.75) is 44.6 Å². The summed E-state index contributed by atoms with van der Waals surface area (Å²) >= 11 is 0. The standard InChI is InChI=1S/C12H24N2O3/c1-2-3-4-7-10-17-14-9-6-5-8-11(13)12(15)16/h2,11,14H,1,3-10,13H2,(H,15,16). The van der Waals surface area contributed by atoms with Gasteiger partial charge in [0.15, 0.2) is 0 Å². The van der Waals surface area contributed by atoms with Crippen molar-refractivity contribution in [3.05, 3.63) is 12.7 Å². The molecule has 0 bridgehead atoms. The Kier molecular flexibility index (Phi) is 11.0. The second-order valence-corrected chi connectivity index (χ2v) is 3.97. The molecule has 100 valence electrons. The van der Waals surface area contributed by atoms with Gasteiger partial charge in [-0.25, -0.2) is 5.48 Å². The summed E-state index contributed by atoms with van der Waals surface area (Å²) in [4.78, 5) is 15.6. The Balaban J connectivity index is 3.08.